The number of benzene rings is 2. The van der Waals surface area contributed by atoms with Crippen molar-refractivity contribution in [2.24, 2.45) is 0 Å². The van der Waals surface area contributed by atoms with E-state index >= 15 is 0 Å². The molecule has 0 unspecified atom stereocenters. The molecule has 2 amide bonds. The summed E-state index contributed by atoms with van der Waals surface area (Å²) in [5, 5.41) is 2.74. The van der Waals surface area contributed by atoms with Crippen LogP contribution in [-0.4, -0.2) is 24.4 Å². The summed E-state index contributed by atoms with van der Waals surface area (Å²) in [5.41, 5.74) is 1.81. The number of hydrogen-bond donors (Lipinski definition) is 1. The van der Waals surface area contributed by atoms with Crippen LogP contribution in [0.2, 0.25) is 0 Å². The van der Waals surface area contributed by atoms with E-state index in [2.05, 4.69) is 27.9 Å². The Balaban J connectivity index is 1.90. The first kappa shape index (κ1) is 22.3. The summed E-state index contributed by atoms with van der Waals surface area (Å²) in [7, 11) is 0. The van der Waals surface area contributed by atoms with E-state index in [1.807, 2.05) is 32.0 Å². The number of esters is 1. The van der Waals surface area contributed by atoms with Crippen LogP contribution < -0.4 is 10.2 Å². The summed E-state index contributed by atoms with van der Waals surface area (Å²) in [6, 6.07) is 12.0. The van der Waals surface area contributed by atoms with Crippen molar-refractivity contribution in [2.75, 3.05) is 16.8 Å². The highest BCUT2D eigenvalue weighted by molar-refractivity contribution is 14.1. The van der Waals surface area contributed by atoms with E-state index in [1.165, 1.54) is 12.1 Å². The highest BCUT2D eigenvalue weighted by Crippen LogP contribution is 2.33. The molecule has 3 rings (SSSR count). The van der Waals surface area contributed by atoms with E-state index in [-0.39, 0.29) is 28.6 Å². The first-order valence-corrected chi connectivity index (χ1v) is 10.9. The number of carbonyl (C=O) groups excluding carboxylic acids is 3. The lowest BCUT2D eigenvalue weighted by Crippen LogP contribution is -2.33. The molecule has 0 saturated heterocycles. The number of ether oxygens (including phenoxy) is 1. The van der Waals surface area contributed by atoms with E-state index in [0.29, 0.717) is 5.69 Å². The maximum atomic E-state index is 13.1. The van der Waals surface area contributed by atoms with Crippen LogP contribution in [0.3, 0.4) is 0 Å². The molecule has 6 nitrogen and oxygen atoms in total. The monoisotopic (exact) mass is 538 g/mol. The van der Waals surface area contributed by atoms with Gasteiger partial charge in [-0.3, -0.25) is 9.59 Å². The van der Waals surface area contributed by atoms with Crippen LogP contribution >= 0.6 is 34.2 Å². The molecule has 0 aromatic heterocycles. The number of aryl methyl sites for hydroxylation is 1. The van der Waals surface area contributed by atoms with Gasteiger partial charge < -0.3 is 10.1 Å². The summed E-state index contributed by atoms with van der Waals surface area (Å²) in [6.45, 7) is 4.14. The minimum atomic E-state index is -0.693. The number of hydrogen-bond acceptors (Lipinski definition) is 5. The molecule has 1 aliphatic rings. The lowest BCUT2D eigenvalue weighted by Gasteiger charge is -2.18. The third kappa shape index (κ3) is 4.52. The Bertz CT molecular complexity index is 1050. The van der Waals surface area contributed by atoms with Crippen molar-refractivity contribution >= 4 is 63.4 Å². The Morgan fingerprint density at radius 2 is 1.90 bits per heavy atom. The van der Waals surface area contributed by atoms with Crippen LogP contribution in [0.5, 0.6) is 0 Å². The van der Waals surface area contributed by atoms with Crippen molar-refractivity contribution in [1.29, 1.82) is 0 Å². The van der Waals surface area contributed by atoms with E-state index < -0.39 is 17.8 Å². The molecule has 8 heteroatoms. The zero-order valence-electron chi connectivity index (χ0n) is 16.5. The lowest BCUT2D eigenvalue weighted by molar-refractivity contribution is -0.120. The summed E-state index contributed by atoms with van der Waals surface area (Å²) in [4.78, 5) is 39.3. The molecule has 0 saturated carbocycles. The van der Waals surface area contributed by atoms with Crippen molar-refractivity contribution < 1.29 is 19.1 Å². The van der Waals surface area contributed by atoms with Gasteiger partial charge in [-0.15, -0.1) is 0 Å². The number of para-hydroxylation sites is 1. The molecule has 0 radical (unpaired) electrons. The summed E-state index contributed by atoms with van der Waals surface area (Å²) < 4.78 is 6.31. The zero-order valence-corrected chi connectivity index (χ0v) is 19.4. The minimum Gasteiger partial charge on any atom is -0.462 e. The first-order valence-electron chi connectivity index (χ1n) is 9.43. The number of carbonyl (C=O) groups is 3. The standard InChI is InChI=1S/C22H20ClIN2O4/c1-3-4-11-30-22(29)15-7-5-6-8-17(15)26-20(27)18(23)19(21(26)28)25-16-10-9-14(24)12-13(16)2/h5-10,12,25H,3-4,11H2,1-2H3. The van der Waals surface area contributed by atoms with Gasteiger partial charge in [-0.05, 0) is 71.8 Å². The zero-order chi connectivity index (χ0) is 21.8. The van der Waals surface area contributed by atoms with Crippen molar-refractivity contribution in [3.8, 4) is 0 Å². The van der Waals surface area contributed by atoms with Crippen LogP contribution in [0.4, 0.5) is 11.4 Å². The van der Waals surface area contributed by atoms with Crippen molar-refractivity contribution in [3.05, 3.63) is 67.9 Å². The van der Waals surface area contributed by atoms with Gasteiger partial charge >= 0.3 is 5.97 Å². The second-order valence-corrected chi connectivity index (χ2v) is 8.35. The molecule has 156 valence electrons. The molecule has 1 heterocycles. The highest BCUT2D eigenvalue weighted by atomic mass is 127. The predicted octanol–water partition coefficient (Wildman–Crippen LogP) is 4.99. The van der Waals surface area contributed by atoms with Gasteiger partial charge in [-0.2, -0.15) is 0 Å². The molecule has 0 aliphatic carbocycles. The number of rotatable bonds is 7. The largest absolute Gasteiger partial charge is 0.462 e. The quantitative estimate of drug-likeness (QED) is 0.233. The molecular weight excluding hydrogens is 519 g/mol. The number of unbranched alkanes of at least 4 members (excludes halogenated alkanes) is 1. The van der Waals surface area contributed by atoms with Gasteiger partial charge in [0.1, 0.15) is 10.7 Å². The van der Waals surface area contributed by atoms with Crippen LogP contribution in [0.1, 0.15) is 35.7 Å². The van der Waals surface area contributed by atoms with Crippen LogP contribution in [0.25, 0.3) is 0 Å². The number of amides is 2. The Kier molecular flexibility index (Phi) is 7.14. The topological polar surface area (TPSA) is 75.7 Å². The van der Waals surface area contributed by atoms with Gasteiger partial charge in [0.15, 0.2) is 0 Å². The molecule has 2 aromatic carbocycles. The van der Waals surface area contributed by atoms with E-state index in [4.69, 9.17) is 16.3 Å². The van der Waals surface area contributed by atoms with Crippen molar-refractivity contribution in [3.63, 3.8) is 0 Å². The number of imide groups is 1. The molecule has 0 spiro atoms. The molecule has 30 heavy (non-hydrogen) atoms. The maximum absolute atomic E-state index is 13.1. The molecule has 2 aromatic rings. The van der Waals surface area contributed by atoms with Crippen LogP contribution in [-0.2, 0) is 14.3 Å². The second kappa shape index (κ2) is 9.61. The smallest absolute Gasteiger partial charge is 0.340 e. The fourth-order valence-electron chi connectivity index (χ4n) is 2.96. The van der Waals surface area contributed by atoms with Crippen LogP contribution in [0.15, 0.2) is 53.2 Å². The molecule has 0 fully saturated rings. The summed E-state index contributed by atoms with van der Waals surface area (Å²) in [5.74, 6) is -1.91. The SMILES string of the molecule is CCCCOC(=O)c1ccccc1N1C(=O)C(Cl)=C(Nc2ccc(I)cc2C)C1=O. The minimum absolute atomic E-state index is 0.0277. The van der Waals surface area contributed by atoms with Crippen LogP contribution in [0, 0.1) is 10.5 Å². The van der Waals surface area contributed by atoms with Gasteiger partial charge in [0.05, 0.1) is 17.9 Å². The fourth-order valence-corrected chi connectivity index (χ4v) is 3.82. The third-order valence-electron chi connectivity index (χ3n) is 4.57. The lowest BCUT2D eigenvalue weighted by atomic mass is 10.1. The molecular formula is C22H20ClIN2O4. The molecule has 0 atom stereocenters. The van der Waals surface area contributed by atoms with Gasteiger partial charge in [0, 0.05) is 9.26 Å². The molecule has 0 bridgehead atoms. The summed E-state index contributed by atoms with van der Waals surface area (Å²) >= 11 is 8.42. The van der Waals surface area contributed by atoms with E-state index in [1.54, 1.807) is 12.1 Å². The molecule has 1 aliphatic heterocycles. The fraction of sp³-hybridized carbons (Fsp3) is 0.227. The Morgan fingerprint density at radius 3 is 2.60 bits per heavy atom. The number of anilines is 2. The number of nitrogens with zero attached hydrogens (tertiary/aromatic N) is 1. The van der Waals surface area contributed by atoms with Gasteiger partial charge in [0.25, 0.3) is 11.8 Å². The molecule has 1 N–H and O–H groups in total. The van der Waals surface area contributed by atoms with Crippen molar-refractivity contribution in [1.82, 2.24) is 0 Å². The Morgan fingerprint density at radius 1 is 1.17 bits per heavy atom. The van der Waals surface area contributed by atoms with Crippen molar-refractivity contribution in [2.45, 2.75) is 26.7 Å². The number of nitrogens with one attached hydrogen (secondary N) is 1. The second-order valence-electron chi connectivity index (χ2n) is 6.73. The first-order chi connectivity index (χ1) is 14.3. The highest BCUT2D eigenvalue weighted by Gasteiger charge is 2.40. The number of halogens is 2. The predicted molar refractivity (Wildman–Crippen MR) is 125 cm³/mol. The Labute approximate surface area is 193 Å². The maximum Gasteiger partial charge on any atom is 0.340 e. The third-order valence-corrected chi connectivity index (χ3v) is 5.59. The van der Waals surface area contributed by atoms with Gasteiger partial charge in [-0.1, -0.05) is 37.1 Å². The van der Waals surface area contributed by atoms with Gasteiger partial charge in [-0.25, -0.2) is 9.69 Å². The van der Waals surface area contributed by atoms with Gasteiger partial charge in [0.2, 0.25) is 0 Å². The summed E-state index contributed by atoms with van der Waals surface area (Å²) in [6.07, 6.45) is 1.61. The average molecular weight is 539 g/mol. The average Bonchev–Trinajstić information content (AvgIpc) is 2.93. The van der Waals surface area contributed by atoms with E-state index in [9.17, 15) is 14.4 Å². The Hall–Kier alpha value is -2.39. The van der Waals surface area contributed by atoms with E-state index in [0.717, 1.165) is 26.9 Å². The normalized spacial score (nSPS) is 13.8.